The summed E-state index contributed by atoms with van der Waals surface area (Å²) < 4.78 is 0. The molecule has 0 amide bonds. The minimum absolute atomic E-state index is 0.139. The lowest BCUT2D eigenvalue weighted by atomic mass is 10.4. The van der Waals surface area contributed by atoms with E-state index in [1.54, 1.807) is 0 Å². The molecule has 1 saturated carbocycles. The van der Waals surface area contributed by atoms with Gasteiger partial charge in [-0.2, -0.15) is 4.98 Å². The number of nitrogens with two attached hydrogens (primary N) is 1. The molecular formula is C8H12N6O2. The molecule has 86 valence electrons. The zero-order chi connectivity index (χ0) is 11.5. The standard InChI is InChI=1S/C8H12N6O2/c9-13-8-11-4-6(14(15)16)7(12-8)10-3-5-1-2-5/h4-5H,1-3,9H2,(H2,10,11,12,13). The van der Waals surface area contributed by atoms with Crippen molar-refractivity contribution in [3.63, 3.8) is 0 Å². The van der Waals surface area contributed by atoms with E-state index in [1.807, 2.05) is 0 Å². The normalized spacial score (nSPS) is 14.6. The van der Waals surface area contributed by atoms with Gasteiger partial charge in [0.05, 0.1) is 4.92 Å². The predicted molar refractivity (Wildman–Crippen MR) is 57.7 cm³/mol. The summed E-state index contributed by atoms with van der Waals surface area (Å²) in [5.74, 6) is 6.11. The summed E-state index contributed by atoms with van der Waals surface area (Å²) in [6.45, 7) is 0.696. The first-order chi connectivity index (χ1) is 7.70. The summed E-state index contributed by atoms with van der Waals surface area (Å²) in [5.41, 5.74) is 2.11. The number of hydrogen-bond donors (Lipinski definition) is 3. The van der Waals surface area contributed by atoms with Crippen molar-refractivity contribution in [1.29, 1.82) is 0 Å². The van der Waals surface area contributed by atoms with E-state index in [0.29, 0.717) is 12.5 Å². The van der Waals surface area contributed by atoms with E-state index in [4.69, 9.17) is 5.84 Å². The molecule has 1 fully saturated rings. The first-order valence-corrected chi connectivity index (χ1v) is 4.92. The molecule has 0 atom stereocenters. The highest BCUT2D eigenvalue weighted by molar-refractivity contribution is 5.56. The van der Waals surface area contributed by atoms with Gasteiger partial charge in [-0.1, -0.05) is 0 Å². The van der Waals surface area contributed by atoms with Crippen LogP contribution in [0.2, 0.25) is 0 Å². The Morgan fingerprint density at radius 1 is 1.62 bits per heavy atom. The highest BCUT2D eigenvalue weighted by Gasteiger charge is 2.23. The average molecular weight is 224 g/mol. The molecule has 0 bridgehead atoms. The fourth-order valence-electron chi connectivity index (χ4n) is 1.27. The van der Waals surface area contributed by atoms with Gasteiger partial charge in [-0.25, -0.2) is 10.8 Å². The molecule has 16 heavy (non-hydrogen) atoms. The van der Waals surface area contributed by atoms with Gasteiger partial charge in [0.1, 0.15) is 6.20 Å². The van der Waals surface area contributed by atoms with Crippen molar-refractivity contribution in [1.82, 2.24) is 9.97 Å². The Bertz CT molecular complexity index is 406. The van der Waals surface area contributed by atoms with Gasteiger partial charge in [-0.3, -0.25) is 15.5 Å². The maximum atomic E-state index is 10.7. The van der Waals surface area contributed by atoms with Crippen molar-refractivity contribution in [3.8, 4) is 0 Å². The van der Waals surface area contributed by atoms with Gasteiger partial charge in [0, 0.05) is 6.54 Å². The fourth-order valence-corrected chi connectivity index (χ4v) is 1.27. The van der Waals surface area contributed by atoms with E-state index in [9.17, 15) is 10.1 Å². The summed E-state index contributed by atoms with van der Waals surface area (Å²) in [4.78, 5) is 17.8. The summed E-state index contributed by atoms with van der Waals surface area (Å²) in [5, 5.41) is 13.7. The third-order valence-corrected chi connectivity index (χ3v) is 2.35. The van der Waals surface area contributed by atoms with Crippen molar-refractivity contribution in [2.75, 3.05) is 17.3 Å². The van der Waals surface area contributed by atoms with Crippen molar-refractivity contribution in [3.05, 3.63) is 16.3 Å². The van der Waals surface area contributed by atoms with Crippen molar-refractivity contribution in [2.45, 2.75) is 12.8 Å². The number of hydrogen-bond acceptors (Lipinski definition) is 7. The van der Waals surface area contributed by atoms with Crippen LogP contribution in [0.3, 0.4) is 0 Å². The number of nitrogens with zero attached hydrogens (tertiary/aromatic N) is 3. The van der Waals surface area contributed by atoms with Gasteiger partial charge in [0.25, 0.3) is 0 Å². The molecular weight excluding hydrogens is 212 g/mol. The van der Waals surface area contributed by atoms with Crippen LogP contribution in [0.15, 0.2) is 6.20 Å². The van der Waals surface area contributed by atoms with Crippen LogP contribution in [0.1, 0.15) is 12.8 Å². The zero-order valence-electron chi connectivity index (χ0n) is 8.51. The van der Waals surface area contributed by atoms with E-state index >= 15 is 0 Å². The number of rotatable bonds is 5. The molecule has 0 saturated heterocycles. The smallest absolute Gasteiger partial charge is 0.329 e. The quantitative estimate of drug-likeness (QED) is 0.378. The Kier molecular flexibility index (Phi) is 2.82. The SMILES string of the molecule is NNc1ncc([N+](=O)[O-])c(NCC2CC2)n1. The average Bonchev–Trinajstić information content (AvgIpc) is 3.09. The van der Waals surface area contributed by atoms with Crippen LogP contribution < -0.4 is 16.6 Å². The molecule has 1 aromatic rings. The topological polar surface area (TPSA) is 119 Å². The van der Waals surface area contributed by atoms with E-state index in [0.717, 1.165) is 19.0 Å². The molecule has 0 spiro atoms. The van der Waals surface area contributed by atoms with Crippen LogP contribution in [0.4, 0.5) is 17.5 Å². The summed E-state index contributed by atoms with van der Waals surface area (Å²) in [7, 11) is 0. The highest BCUT2D eigenvalue weighted by Crippen LogP contribution is 2.30. The van der Waals surface area contributed by atoms with Crippen LogP contribution in [-0.2, 0) is 0 Å². The van der Waals surface area contributed by atoms with Crippen molar-refractivity contribution < 1.29 is 4.92 Å². The molecule has 8 heteroatoms. The molecule has 4 N–H and O–H groups in total. The maximum absolute atomic E-state index is 10.7. The minimum atomic E-state index is -0.518. The molecule has 0 aliphatic heterocycles. The Hall–Kier alpha value is -1.96. The van der Waals surface area contributed by atoms with E-state index in [-0.39, 0.29) is 17.5 Å². The third kappa shape index (κ3) is 2.34. The first-order valence-electron chi connectivity index (χ1n) is 4.92. The Balaban J connectivity index is 2.18. The Morgan fingerprint density at radius 3 is 2.94 bits per heavy atom. The van der Waals surface area contributed by atoms with Crippen molar-refractivity contribution >= 4 is 17.5 Å². The van der Waals surface area contributed by atoms with Crippen molar-refractivity contribution in [2.24, 2.45) is 11.8 Å². The monoisotopic (exact) mass is 224 g/mol. The number of nitro groups is 1. The fraction of sp³-hybridized carbons (Fsp3) is 0.500. The van der Waals surface area contributed by atoms with Crippen LogP contribution >= 0.6 is 0 Å². The number of nitrogens with one attached hydrogen (secondary N) is 2. The van der Waals surface area contributed by atoms with Gasteiger partial charge in [-0.15, -0.1) is 0 Å². The maximum Gasteiger partial charge on any atom is 0.329 e. The second kappa shape index (κ2) is 4.27. The molecule has 1 aromatic heterocycles. The molecule has 0 radical (unpaired) electrons. The lowest BCUT2D eigenvalue weighted by Crippen LogP contribution is -2.14. The summed E-state index contributed by atoms with van der Waals surface area (Å²) in [6.07, 6.45) is 3.46. The van der Waals surface area contributed by atoms with E-state index in [1.165, 1.54) is 0 Å². The van der Waals surface area contributed by atoms with E-state index in [2.05, 4.69) is 20.7 Å². The third-order valence-electron chi connectivity index (χ3n) is 2.35. The molecule has 1 aliphatic rings. The second-order valence-corrected chi connectivity index (χ2v) is 3.65. The molecule has 8 nitrogen and oxygen atoms in total. The number of nitrogen functional groups attached to an aromatic ring is 1. The molecule has 0 aromatic carbocycles. The summed E-state index contributed by atoms with van der Waals surface area (Å²) in [6, 6.07) is 0. The predicted octanol–water partition coefficient (Wildman–Crippen LogP) is 0.492. The Morgan fingerprint density at radius 2 is 2.38 bits per heavy atom. The largest absolute Gasteiger partial charge is 0.364 e. The first kappa shape index (κ1) is 10.6. The number of hydrazine groups is 1. The summed E-state index contributed by atoms with van der Waals surface area (Å²) >= 11 is 0. The highest BCUT2D eigenvalue weighted by atomic mass is 16.6. The molecule has 1 heterocycles. The van der Waals surface area contributed by atoms with Gasteiger partial charge in [-0.05, 0) is 18.8 Å². The van der Waals surface area contributed by atoms with E-state index < -0.39 is 4.92 Å². The number of aromatic nitrogens is 2. The lowest BCUT2D eigenvalue weighted by molar-refractivity contribution is -0.384. The Labute approximate surface area is 91.4 Å². The van der Waals surface area contributed by atoms with Gasteiger partial charge in [0.15, 0.2) is 0 Å². The van der Waals surface area contributed by atoms with Gasteiger partial charge in [0.2, 0.25) is 11.8 Å². The molecule has 2 rings (SSSR count). The number of anilines is 2. The van der Waals surface area contributed by atoms with Crippen LogP contribution in [0.25, 0.3) is 0 Å². The van der Waals surface area contributed by atoms with Gasteiger partial charge < -0.3 is 5.32 Å². The van der Waals surface area contributed by atoms with Crippen LogP contribution in [0.5, 0.6) is 0 Å². The molecule has 0 unspecified atom stereocenters. The zero-order valence-corrected chi connectivity index (χ0v) is 8.51. The molecule has 1 aliphatic carbocycles. The van der Waals surface area contributed by atoms with Gasteiger partial charge >= 0.3 is 5.69 Å². The van der Waals surface area contributed by atoms with Crippen LogP contribution in [-0.4, -0.2) is 21.4 Å². The lowest BCUT2D eigenvalue weighted by Gasteiger charge is -2.06. The van der Waals surface area contributed by atoms with Crippen LogP contribution in [0, 0.1) is 16.0 Å². The second-order valence-electron chi connectivity index (χ2n) is 3.65. The minimum Gasteiger partial charge on any atom is -0.364 e.